The first kappa shape index (κ1) is 35.7. The van der Waals surface area contributed by atoms with Crippen molar-refractivity contribution in [2.75, 3.05) is 14.2 Å². The molecule has 1 heterocycles. The number of nitrogens with zero attached hydrogens (tertiary/aromatic N) is 2. The Bertz CT molecular complexity index is 1070. The van der Waals surface area contributed by atoms with E-state index in [9.17, 15) is 5.53 Å². The first-order chi connectivity index (χ1) is 18.1. The van der Waals surface area contributed by atoms with Crippen LogP contribution in [0.5, 0.6) is 0 Å². The summed E-state index contributed by atoms with van der Waals surface area (Å²) < 4.78 is 1.47. The molecular formula is C33H48N2NiO2. The van der Waals surface area contributed by atoms with Gasteiger partial charge in [0, 0.05) is 47.4 Å². The van der Waals surface area contributed by atoms with E-state index in [-0.39, 0.29) is 16.5 Å². The van der Waals surface area contributed by atoms with Crippen molar-refractivity contribution in [1.82, 2.24) is 0 Å². The molecule has 0 unspecified atom stereocenters. The summed E-state index contributed by atoms with van der Waals surface area (Å²) >= 11 is 0. The number of aliphatic hydroxyl groups is 2. The van der Waals surface area contributed by atoms with Crippen molar-refractivity contribution < 1.29 is 31.4 Å². The van der Waals surface area contributed by atoms with Crippen molar-refractivity contribution in [3.63, 3.8) is 0 Å². The molecular weight excluding hydrogens is 515 g/mol. The van der Waals surface area contributed by atoms with Crippen molar-refractivity contribution in [3.05, 3.63) is 99.6 Å². The zero-order valence-electron chi connectivity index (χ0n) is 24.2. The Labute approximate surface area is 241 Å². The molecule has 0 saturated carbocycles. The fourth-order valence-electron chi connectivity index (χ4n) is 4.58. The smallest absolute Gasteiger partial charge is 0.215 e. The zero-order chi connectivity index (χ0) is 27.6. The minimum Gasteiger partial charge on any atom is -0.493 e. The van der Waals surface area contributed by atoms with E-state index in [0.717, 1.165) is 75.3 Å². The second kappa shape index (κ2) is 20.6. The molecule has 0 atom stereocenters. The molecule has 38 heavy (non-hydrogen) atoms. The Balaban J connectivity index is 0.00000261. The van der Waals surface area contributed by atoms with Crippen LogP contribution in [0.1, 0.15) is 94.9 Å². The fourth-order valence-corrected chi connectivity index (χ4v) is 4.58. The number of benzene rings is 2. The molecule has 5 heteroatoms. The van der Waals surface area contributed by atoms with Crippen molar-refractivity contribution in [2.24, 2.45) is 0 Å². The molecule has 0 amide bonds. The minimum atomic E-state index is 0. The Morgan fingerprint density at radius 3 is 1.76 bits per heavy atom. The molecule has 2 aromatic rings. The fraction of sp³-hybridized carbons (Fsp3) is 0.455. The number of hydrogen-bond acceptors (Lipinski definition) is 2. The molecule has 212 valence electrons. The van der Waals surface area contributed by atoms with E-state index < -0.39 is 0 Å². The minimum absolute atomic E-state index is 0. The summed E-state index contributed by atoms with van der Waals surface area (Å²) in [4.78, 5) is 0. The average molecular weight is 563 g/mol. The summed E-state index contributed by atoms with van der Waals surface area (Å²) in [5.41, 5.74) is 20.7. The predicted molar refractivity (Wildman–Crippen MR) is 158 cm³/mol. The molecule has 1 aliphatic heterocycles. The summed E-state index contributed by atoms with van der Waals surface area (Å²) in [6.45, 7) is 8.84. The molecule has 2 aromatic carbocycles. The second-order valence-corrected chi connectivity index (χ2v) is 9.01. The van der Waals surface area contributed by atoms with Crippen LogP contribution in [-0.2, 0) is 29.3 Å². The van der Waals surface area contributed by atoms with Crippen LogP contribution < -0.4 is 0 Å². The van der Waals surface area contributed by atoms with Gasteiger partial charge in [-0.3, -0.25) is 0 Å². The number of rotatable bonds is 12. The first-order valence-corrected chi connectivity index (χ1v) is 13.9. The third-order valence-electron chi connectivity index (χ3n) is 6.55. The topological polar surface area (TPSA) is 65.8 Å². The van der Waals surface area contributed by atoms with Gasteiger partial charge in [-0.2, -0.15) is 0 Å². The van der Waals surface area contributed by atoms with E-state index in [1.54, 1.807) is 0 Å². The Hall–Kier alpha value is -2.33. The molecule has 0 aromatic heterocycles. The first-order valence-electron chi connectivity index (χ1n) is 13.9. The van der Waals surface area contributed by atoms with Gasteiger partial charge >= 0.3 is 0 Å². The molecule has 0 radical (unpaired) electrons. The van der Waals surface area contributed by atoms with Gasteiger partial charge in [-0.15, -0.1) is 0 Å². The summed E-state index contributed by atoms with van der Waals surface area (Å²) in [5, 5.41) is 14.0. The van der Waals surface area contributed by atoms with E-state index >= 15 is 0 Å². The van der Waals surface area contributed by atoms with E-state index in [2.05, 4.69) is 88.4 Å². The van der Waals surface area contributed by atoms with E-state index in [1.165, 1.54) is 46.2 Å². The van der Waals surface area contributed by atoms with Gasteiger partial charge in [-0.1, -0.05) is 83.4 Å². The van der Waals surface area contributed by atoms with Gasteiger partial charge in [0.15, 0.2) is 0 Å². The summed E-state index contributed by atoms with van der Waals surface area (Å²) in [5.74, 6) is 0. The van der Waals surface area contributed by atoms with Crippen molar-refractivity contribution in [1.29, 1.82) is 0 Å². The summed E-state index contributed by atoms with van der Waals surface area (Å²) in [6, 6.07) is 17.3. The van der Waals surface area contributed by atoms with Crippen LogP contribution in [0, 0.1) is 0 Å². The average Bonchev–Trinajstić information content (AvgIpc) is 3.24. The molecule has 3 rings (SSSR count). The molecule has 0 spiro atoms. The van der Waals surface area contributed by atoms with Gasteiger partial charge in [0.25, 0.3) is 0 Å². The second-order valence-electron chi connectivity index (χ2n) is 9.01. The van der Waals surface area contributed by atoms with Crippen molar-refractivity contribution >= 4 is 11.4 Å². The molecule has 4 nitrogen and oxygen atoms in total. The van der Waals surface area contributed by atoms with Gasteiger partial charge < -0.3 is 15.7 Å². The Kier molecular flexibility index (Phi) is 19.4. The third kappa shape index (κ3) is 9.77. The van der Waals surface area contributed by atoms with Crippen LogP contribution in [0.4, 0.5) is 0 Å². The predicted octanol–water partition coefficient (Wildman–Crippen LogP) is 8.52. The van der Waals surface area contributed by atoms with Gasteiger partial charge in [0.2, 0.25) is 11.4 Å². The maximum absolute atomic E-state index is 11.6. The molecule has 0 saturated heterocycles. The van der Waals surface area contributed by atoms with Crippen LogP contribution in [0.3, 0.4) is 0 Å². The van der Waals surface area contributed by atoms with Gasteiger partial charge in [0.05, 0.1) is 5.57 Å². The van der Waals surface area contributed by atoms with Crippen LogP contribution in [0.25, 0.3) is 16.9 Å². The molecule has 0 aliphatic carbocycles. The zero-order valence-corrected chi connectivity index (χ0v) is 25.2. The molecule has 2 N–H and O–H groups in total. The standard InChI is InChI=1S/C31H40N2.2CH4O.Ni/c1-5-9-11-12-13-21-29-28(20-10-6-2)30(26-18-14-16-24(7-3)22-26)33(32)31(29)27-19-15-17-25(8-4)23-27;2*1-2;/h13-19,21-23H,5-12,20H2,1-4H3;2*2H,1H3;. The van der Waals surface area contributed by atoms with E-state index in [4.69, 9.17) is 10.2 Å². The van der Waals surface area contributed by atoms with E-state index in [1.807, 2.05) is 0 Å². The number of unbranched alkanes of at least 4 members (excludes halogenated alkanes) is 4. The number of hydrogen-bond donors (Lipinski definition) is 2. The Morgan fingerprint density at radius 1 is 0.737 bits per heavy atom. The van der Waals surface area contributed by atoms with Crippen LogP contribution in [0.15, 0.2) is 71.8 Å². The number of aryl methyl sites for hydroxylation is 2. The van der Waals surface area contributed by atoms with Crippen LogP contribution in [0.2, 0.25) is 0 Å². The third-order valence-corrected chi connectivity index (χ3v) is 6.55. The SMILES string of the molecule is CCCCCC=CC1=C(c2cccc(CC)c2)[N+](=[N-])C(c2cccc(CC)c2)=C1CCCC.CO.CO.[Ni]. The molecule has 0 fully saturated rings. The van der Waals surface area contributed by atoms with Crippen LogP contribution >= 0.6 is 0 Å². The maximum atomic E-state index is 11.6. The molecule has 1 aliphatic rings. The van der Waals surface area contributed by atoms with E-state index in [0.29, 0.717) is 0 Å². The van der Waals surface area contributed by atoms with Gasteiger partial charge in [-0.25, -0.2) is 4.70 Å². The van der Waals surface area contributed by atoms with Crippen molar-refractivity contribution in [2.45, 2.75) is 85.5 Å². The van der Waals surface area contributed by atoms with Gasteiger partial charge in [0.1, 0.15) is 0 Å². The normalized spacial score (nSPS) is 12.7. The summed E-state index contributed by atoms with van der Waals surface area (Å²) in [7, 11) is 2.00. The summed E-state index contributed by atoms with van der Waals surface area (Å²) in [6.07, 6.45) is 14.5. The number of allylic oxidation sites excluding steroid dienone is 4. The van der Waals surface area contributed by atoms with Crippen LogP contribution in [-0.4, -0.2) is 29.1 Å². The quantitative estimate of drug-likeness (QED) is 0.154. The van der Waals surface area contributed by atoms with Gasteiger partial charge in [-0.05, 0) is 73.9 Å². The largest absolute Gasteiger partial charge is 0.493 e. The molecule has 0 bridgehead atoms. The Morgan fingerprint density at radius 2 is 1.26 bits per heavy atom. The monoisotopic (exact) mass is 562 g/mol. The maximum Gasteiger partial charge on any atom is 0.215 e. The number of aliphatic hydroxyl groups excluding tert-OH is 2. The van der Waals surface area contributed by atoms with Crippen molar-refractivity contribution in [3.8, 4) is 0 Å².